The van der Waals surface area contributed by atoms with E-state index in [2.05, 4.69) is 15.0 Å². The zero-order chi connectivity index (χ0) is 14.1. The van der Waals surface area contributed by atoms with Gasteiger partial charge >= 0.3 is 0 Å². The molecule has 0 aliphatic carbocycles. The molecule has 1 aliphatic heterocycles. The van der Waals surface area contributed by atoms with Gasteiger partial charge in [-0.25, -0.2) is 15.0 Å². The first-order chi connectivity index (χ1) is 9.69. The average Bonchev–Trinajstić information content (AvgIpc) is 3.06. The Hall–Kier alpha value is -1.89. The van der Waals surface area contributed by atoms with Gasteiger partial charge in [0, 0.05) is 44.8 Å². The van der Waals surface area contributed by atoms with E-state index in [0.717, 1.165) is 16.5 Å². The number of carbonyl (C=O) groups is 1. The molecule has 0 spiro atoms. The van der Waals surface area contributed by atoms with E-state index in [4.69, 9.17) is 0 Å². The minimum atomic E-state index is 0.130. The third kappa shape index (κ3) is 2.29. The zero-order valence-corrected chi connectivity index (χ0v) is 12.2. The van der Waals surface area contributed by atoms with Gasteiger partial charge in [0.1, 0.15) is 5.82 Å². The largest absolute Gasteiger partial charge is 0.344 e. The predicted molar refractivity (Wildman–Crippen MR) is 76.3 cm³/mol. The number of amides is 1. The van der Waals surface area contributed by atoms with Gasteiger partial charge in [0.05, 0.1) is 11.6 Å². The molecule has 3 rings (SSSR count). The number of likely N-dealkylation sites (N-methyl/N-ethyl adjacent to an activating group) is 1. The van der Waals surface area contributed by atoms with Crippen molar-refractivity contribution < 1.29 is 4.79 Å². The van der Waals surface area contributed by atoms with Crippen molar-refractivity contribution in [1.29, 1.82) is 0 Å². The molecule has 7 heteroatoms. The smallest absolute Gasteiger partial charge is 0.224 e. The van der Waals surface area contributed by atoms with Crippen LogP contribution in [-0.4, -0.2) is 50.2 Å². The van der Waals surface area contributed by atoms with Crippen LogP contribution in [0.2, 0.25) is 0 Å². The molecule has 0 bridgehead atoms. The maximum Gasteiger partial charge on any atom is 0.224 e. The highest BCUT2D eigenvalue weighted by atomic mass is 32.2. The fourth-order valence-corrected chi connectivity index (χ4v) is 2.71. The first-order valence-electron chi connectivity index (χ1n) is 6.32. The van der Waals surface area contributed by atoms with E-state index < -0.39 is 0 Å². The lowest BCUT2D eigenvalue weighted by molar-refractivity contribution is -0.126. The molecule has 0 aromatic carbocycles. The number of hydrogen-bond acceptors (Lipinski definition) is 5. The summed E-state index contributed by atoms with van der Waals surface area (Å²) in [5, 5.41) is 0.739. The maximum absolute atomic E-state index is 11.7. The van der Waals surface area contributed by atoms with Gasteiger partial charge in [-0.3, -0.25) is 4.79 Å². The number of nitrogens with zero attached hydrogens (tertiary/aromatic N) is 5. The van der Waals surface area contributed by atoms with Crippen LogP contribution in [0.3, 0.4) is 0 Å². The van der Waals surface area contributed by atoms with E-state index in [1.165, 1.54) is 11.8 Å². The van der Waals surface area contributed by atoms with Gasteiger partial charge in [-0.05, 0) is 6.26 Å². The number of hydrogen-bond donors (Lipinski definition) is 0. The van der Waals surface area contributed by atoms with Crippen molar-refractivity contribution in [3.63, 3.8) is 0 Å². The number of rotatable bonds is 3. The molecule has 0 saturated carbocycles. The van der Waals surface area contributed by atoms with Crippen molar-refractivity contribution in [1.82, 2.24) is 24.4 Å². The summed E-state index contributed by atoms with van der Waals surface area (Å²) in [5.41, 5.74) is 0.870. The summed E-state index contributed by atoms with van der Waals surface area (Å²) in [6.45, 7) is 0.714. The van der Waals surface area contributed by atoms with E-state index in [-0.39, 0.29) is 11.9 Å². The minimum absolute atomic E-state index is 0.130. The van der Waals surface area contributed by atoms with Crippen LogP contribution in [0.5, 0.6) is 0 Å². The molecule has 104 valence electrons. The fraction of sp³-hybridized carbons (Fsp3) is 0.385. The Morgan fingerprint density at radius 1 is 1.30 bits per heavy atom. The number of thioether (sulfide) groups is 1. The maximum atomic E-state index is 11.7. The van der Waals surface area contributed by atoms with Crippen LogP contribution >= 0.6 is 11.8 Å². The summed E-state index contributed by atoms with van der Waals surface area (Å²) < 4.78 is 2.04. The quantitative estimate of drug-likeness (QED) is 0.632. The summed E-state index contributed by atoms with van der Waals surface area (Å²) in [6, 6.07) is 0.130. The minimum Gasteiger partial charge on any atom is -0.344 e. The Balaban J connectivity index is 1.91. The van der Waals surface area contributed by atoms with Crippen molar-refractivity contribution >= 4 is 17.7 Å². The van der Waals surface area contributed by atoms with Crippen molar-refractivity contribution in [2.75, 3.05) is 19.8 Å². The highest BCUT2D eigenvalue weighted by Gasteiger charge is 2.29. The van der Waals surface area contributed by atoms with Crippen LogP contribution in [-0.2, 0) is 4.79 Å². The number of likely N-dealkylation sites (tertiary alicyclic amines) is 1. The second-order valence-electron chi connectivity index (χ2n) is 4.75. The van der Waals surface area contributed by atoms with Crippen LogP contribution in [0, 0.1) is 0 Å². The van der Waals surface area contributed by atoms with E-state index in [9.17, 15) is 4.79 Å². The summed E-state index contributed by atoms with van der Waals surface area (Å²) in [6.07, 6.45) is 9.67. The molecular formula is C13H15N5OS. The molecule has 3 heterocycles. The number of imidazole rings is 1. The highest BCUT2D eigenvalue weighted by molar-refractivity contribution is 7.98. The Bertz CT molecular complexity index is 624. The first-order valence-corrected chi connectivity index (χ1v) is 7.54. The molecule has 2 aromatic heterocycles. The van der Waals surface area contributed by atoms with Crippen LogP contribution in [0.1, 0.15) is 12.5 Å². The van der Waals surface area contributed by atoms with Gasteiger partial charge in [0.2, 0.25) is 5.91 Å². The second-order valence-corrected chi connectivity index (χ2v) is 5.52. The molecule has 0 radical (unpaired) electrons. The summed E-state index contributed by atoms with van der Waals surface area (Å²) in [5.74, 6) is 0.981. The van der Waals surface area contributed by atoms with Crippen LogP contribution in [0.15, 0.2) is 29.9 Å². The Morgan fingerprint density at radius 2 is 2.05 bits per heavy atom. The normalized spacial score (nSPS) is 18.8. The molecular weight excluding hydrogens is 274 g/mol. The van der Waals surface area contributed by atoms with Gasteiger partial charge in [0.15, 0.2) is 5.16 Å². The fourth-order valence-electron chi connectivity index (χ4n) is 2.39. The molecule has 1 aliphatic rings. The summed E-state index contributed by atoms with van der Waals surface area (Å²) >= 11 is 1.50. The molecule has 1 unspecified atom stereocenters. The van der Waals surface area contributed by atoms with Crippen LogP contribution in [0.4, 0.5) is 0 Å². The number of aromatic nitrogens is 4. The van der Waals surface area contributed by atoms with Gasteiger partial charge < -0.3 is 9.47 Å². The van der Waals surface area contributed by atoms with Crippen molar-refractivity contribution in [3.05, 3.63) is 24.8 Å². The lowest BCUT2D eigenvalue weighted by atomic mass is 10.2. The van der Waals surface area contributed by atoms with Crippen molar-refractivity contribution in [2.24, 2.45) is 0 Å². The van der Waals surface area contributed by atoms with Gasteiger partial charge in [-0.15, -0.1) is 0 Å². The monoisotopic (exact) mass is 289 g/mol. The molecule has 0 N–H and O–H groups in total. The topological polar surface area (TPSA) is 63.9 Å². The Morgan fingerprint density at radius 3 is 2.65 bits per heavy atom. The van der Waals surface area contributed by atoms with E-state index >= 15 is 0 Å². The molecule has 1 amide bonds. The predicted octanol–water partition coefficient (Wildman–Crippen LogP) is 1.47. The SMILES string of the molecule is CSc1ncc(-c2nccn2C2CC(=O)N(C)C2)cn1. The molecule has 1 fully saturated rings. The van der Waals surface area contributed by atoms with E-state index in [1.807, 2.05) is 24.1 Å². The third-order valence-electron chi connectivity index (χ3n) is 3.45. The second kappa shape index (κ2) is 5.24. The lowest BCUT2D eigenvalue weighted by Gasteiger charge is -2.14. The van der Waals surface area contributed by atoms with Crippen molar-refractivity contribution in [3.8, 4) is 11.4 Å². The van der Waals surface area contributed by atoms with E-state index in [0.29, 0.717) is 13.0 Å². The van der Waals surface area contributed by atoms with Gasteiger partial charge in [0.25, 0.3) is 0 Å². The zero-order valence-electron chi connectivity index (χ0n) is 11.4. The number of carbonyl (C=O) groups excluding carboxylic acids is 1. The highest BCUT2D eigenvalue weighted by Crippen LogP contribution is 2.27. The lowest BCUT2D eigenvalue weighted by Crippen LogP contribution is -2.19. The molecule has 2 aromatic rings. The Kier molecular flexibility index (Phi) is 3.43. The molecule has 20 heavy (non-hydrogen) atoms. The summed E-state index contributed by atoms with van der Waals surface area (Å²) in [7, 11) is 1.83. The summed E-state index contributed by atoms with van der Waals surface area (Å²) in [4.78, 5) is 26.4. The standard InChI is InChI=1S/C13H15N5OS/c1-17-8-10(5-11(17)19)18-4-3-14-12(18)9-6-15-13(20-2)16-7-9/h3-4,6-7,10H,5,8H2,1-2H3. The van der Waals surface area contributed by atoms with Crippen LogP contribution < -0.4 is 0 Å². The third-order valence-corrected chi connectivity index (χ3v) is 4.03. The van der Waals surface area contributed by atoms with E-state index in [1.54, 1.807) is 23.5 Å². The van der Waals surface area contributed by atoms with Gasteiger partial charge in [-0.2, -0.15) is 0 Å². The Labute approximate surface area is 121 Å². The molecule has 1 saturated heterocycles. The van der Waals surface area contributed by atoms with Crippen molar-refractivity contribution in [2.45, 2.75) is 17.6 Å². The van der Waals surface area contributed by atoms with Gasteiger partial charge in [-0.1, -0.05) is 11.8 Å². The molecule has 1 atom stereocenters. The average molecular weight is 289 g/mol. The first kappa shape index (κ1) is 13.1. The molecule has 6 nitrogen and oxygen atoms in total. The van der Waals surface area contributed by atoms with Crippen LogP contribution in [0.25, 0.3) is 11.4 Å².